The normalized spacial score (nSPS) is 12.2. The van der Waals surface area contributed by atoms with Gasteiger partial charge in [0.05, 0.1) is 6.61 Å². The first kappa shape index (κ1) is 34.4. The summed E-state index contributed by atoms with van der Waals surface area (Å²) in [5, 5.41) is 0. The van der Waals surface area contributed by atoms with Crippen LogP contribution in [-0.2, 0) is 9.53 Å². The Morgan fingerprint density at radius 2 is 0.944 bits per heavy atom. The number of carbonyl (C=O) groups is 1. The molecule has 0 amide bonds. The second-order valence-corrected chi connectivity index (χ2v) is 10.1. The van der Waals surface area contributed by atoms with Gasteiger partial charge in [0, 0.05) is 6.42 Å². The molecule has 0 saturated heterocycles. The van der Waals surface area contributed by atoms with Gasteiger partial charge in [0.1, 0.15) is 0 Å². The Morgan fingerprint density at radius 3 is 1.44 bits per heavy atom. The highest BCUT2D eigenvalue weighted by Gasteiger charge is 2.02. The van der Waals surface area contributed by atoms with Crippen LogP contribution in [0.5, 0.6) is 0 Å². The third kappa shape index (κ3) is 30.5. The second-order valence-electron chi connectivity index (χ2n) is 10.1. The first-order valence-corrected chi connectivity index (χ1v) is 15.6. The van der Waals surface area contributed by atoms with E-state index in [0.717, 1.165) is 51.4 Å². The Bertz CT molecular complexity index is 556. The molecule has 0 bridgehead atoms. The molecule has 2 nitrogen and oxygen atoms in total. The molecule has 208 valence electrons. The van der Waals surface area contributed by atoms with Crippen molar-refractivity contribution in [1.82, 2.24) is 0 Å². The molecule has 0 spiro atoms. The number of ether oxygens (including phenoxy) is 1. The van der Waals surface area contributed by atoms with E-state index in [1.807, 2.05) is 0 Å². The Kier molecular flexibility index (Phi) is 30.1. The molecule has 0 rings (SSSR count). The molecule has 0 fully saturated rings. The molecule has 0 aromatic carbocycles. The van der Waals surface area contributed by atoms with Gasteiger partial charge in [-0.2, -0.15) is 0 Å². The van der Waals surface area contributed by atoms with E-state index in [9.17, 15) is 4.79 Å². The van der Waals surface area contributed by atoms with Crippen LogP contribution in [0.15, 0.2) is 48.6 Å². The standard InChI is InChI=1S/C34H60O2/c1-3-5-7-9-11-13-15-17-19-20-22-24-26-28-30-32-34(35)36-33-31-29-27-25-23-21-18-16-14-12-10-8-6-4-2/h5,7,11,13,17,19,22,24H,3-4,6,8-10,12,14-16,18,20-21,23,25-33H2,1-2H3/b7-5-,13-11-,19-17-,24-22-. The Balaban J connectivity index is 3.31. The van der Waals surface area contributed by atoms with Crippen molar-refractivity contribution >= 4 is 5.97 Å². The van der Waals surface area contributed by atoms with Crippen LogP contribution in [0.1, 0.15) is 155 Å². The summed E-state index contributed by atoms with van der Waals surface area (Å²) in [7, 11) is 0. The molecule has 0 aliphatic heterocycles. The predicted molar refractivity (Wildman–Crippen MR) is 160 cm³/mol. The lowest BCUT2D eigenvalue weighted by Crippen LogP contribution is -2.05. The van der Waals surface area contributed by atoms with Gasteiger partial charge >= 0.3 is 5.97 Å². The molecule has 0 aliphatic carbocycles. The van der Waals surface area contributed by atoms with Crippen LogP contribution in [0, 0.1) is 0 Å². The van der Waals surface area contributed by atoms with Gasteiger partial charge in [0.15, 0.2) is 0 Å². The van der Waals surface area contributed by atoms with Crippen LogP contribution >= 0.6 is 0 Å². The summed E-state index contributed by atoms with van der Waals surface area (Å²) in [6.45, 7) is 5.05. The minimum Gasteiger partial charge on any atom is -0.466 e. The molecule has 0 atom stereocenters. The number of hydrogen-bond acceptors (Lipinski definition) is 2. The van der Waals surface area contributed by atoms with Crippen molar-refractivity contribution in [2.75, 3.05) is 6.61 Å². The van der Waals surface area contributed by atoms with Gasteiger partial charge in [-0.05, 0) is 51.4 Å². The van der Waals surface area contributed by atoms with Crippen molar-refractivity contribution < 1.29 is 9.53 Å². The molecule has 0 radical (unpaired) electrons. The average Bonchev–Trinajstić information content (AvgIpc) is 2.88. The maximum atomic E-state index is 11.9. The third-order valence-electron chi connectivity index (χ3n) is 6.48. The number of carbonyl (C=O) groups excluding carboxylic acids is 1. The maximum absolute atomic E-state index is 11.9. The molecule has 0 aliphatic rings. The highest BCUT2D eigenvalue weighted by Crippen LogP contribution is 2.13. The summed E-state index contributed by atoms with van der Waals surface area (Å²) < 4.78 is 5.39. The van der Waals surface area contributed by atoms with Gasteiger partial charge in [-0.25, -0.2) is 0 Å². The number of unbranched alkanes of at least 4 members (excludes halogenated alkanes) is 15. The highest BCUT2D eigenvalue weighted by molar-refractivity contribution is 5.69. The van der Waals surface area contributed by atoms with Gasteiger partial charge in [0.25, 0.3) is 0 Å². The summed E-state index contributed by atoms with van der Waals surface area (Å²) in [5.74, 6) is -0.0187. The van der Waals surface area contributed by atoms with Crippen molar-refractivity contribution in [3.8, 4) is 0 Å². The van der Waals surface area contributed by atoms with E-state index in [-0.39, 0.29) is 5.97 Å². The Morgan fingerprint density at radius 1 is 0.500 bits per heavy atom. The fourth-order valence-corrected chi connectivity index (χ4v) is 4.18. The molecular formula is C34H60O2. The van der Waals surface area contributed by atoms with Crippen molar-refractivity contribution in [1.29, 1.82) is 0 Å². The lowest BCUT2D eigenvalue weighted by atomic mass is 10.0. The van der Waals surface area contributed by atoms with Crippen molar-refractivity contribution in [3.63, 3.8) is 0 Å². The fraction of sp³-hybridized carbons (Fsp3) is 0.735. The van der Waals surface area contributed by atoms with Crippen LogP contribution in [0.25, 0.3) is 0 Å². The molecule has 0 unspecified atom stereocenters. The van der Waals surface area contributed by atoms with E-state index in [2.05, 4.69) is 62.5 Å². The van der Waals surface area contributed by atoms with Crippen molar-refractivity contribution in [3.05, 3.63) is 48.6 Å². The zero-order valence-corrected chi connectivity index (χ0v) is 24.2. The summed E-state index contributed by atoms with van der Waals surface area (Å²) >= 11 is 0. The molecule has 0 aromatic heterocycles. The number of esters is 1. The molecule has 0 saturated carbocycles. The monoisotopic (exact) mass is 500 g/mol. The first-order valence-electron chi connectivity index (χ1n) is 15.6. The lowest BCUT2D eigenvalue weighted by Gasteiger charge is -2.05. The van der Waals surface area contributed by atoms with Gasteiger partial charge in [-0.3, -0.25) is 4.79 Å². The van der Waals surface area contributed by atoms with Crippen LogP contribution in [0.2, 0.25) is 0 Å². The quantitative estimate of drug-likeness (QED) is 0.0636. The van der Waals surface area contributed by atoms with E-state index in [1.165, 1.54) is 83.5 Å². The van der Waals surface area contributed by atoms with Crippen molar-refractivity contribution in [2.45, 2.75) is 155 Å². The summed E-state index contributed by atoms with van der Waals surface area (Å²) in [5.41, 5.74) is 0. The highest BCUT2D eigenvalue weighted by atomic mass is 16.5. The molecule has 0 aromatic rings. The molecular weight excluding hydrogens is 440 g/mol. The van der Waals surface area contributed by atoms with Gasteiger partial charge in [0.2, 0.25) is 0 Å². The first-order chi connectivity index (χ1) is 17.8. The second kappa shape index (κ2) is 31.5. The van der Waals surface area contributed by atoms with E-state index >= 15 is 0 Å². The Hall–Kier alpha value is -1.57. The van der Waals surface area contributed by atoms with Crippen LogP contribution < -0.4 is 0 Å². The number of hydrogen-bond donors (Lipinski definition) is 0. The van der Waals surface area contributed by atoms with Crippen LogP contribution in [0.4, 0.5) is 0 Å². The fourth-order valence-electron chi connectivity index (χ4n) is 4.18. The van der Waals surface area contributed by atoms with Crippen LogP contribution in [-0.4, -0.2) is 12.6 Å². The Labute approximate surface area is 225 Å². The summed E-state index contributed by atoms with van der Waals surface area (Å²) in [6.07, 6.45) is 44.4. The topological polar surface area (TPSA) is 26.3 Å². The smallest absolute Gasteiger partial charge is 0.305 e. The maximum Gasteiger partial charge on any atom is 0.305 e. The molecule has 0 N–H and O–H groups in total. The lowest BCUT2D eigenvalue weighted by molar-refractivity contribution is -0.143. The van der Waals surface area contributed by atoms with Gasteiger partial charge in [-0.1, -0.05) is 146 Å². The minimum atomic E-state index is -0.0187. The van der Waals surface area contributed by atoms with E-state index in [0.29, 0.717) is 13.0 Å². The van der Waals surface area contributed by atoms with Crippen molar-refractivity contribution in [2.24, 2.45) is 0 Å². The minimum absolute atomic E-state index is 0.0187. The van der Waals surface area contributed by atoms with Gasteiger partial charge < -0.3 is 4.74 Å². The largest absolute Gasteiger partial charge is 0.466 e. The van der Waals surface area contributed by atoms with Crippen LogP contribution in [0.3, 0.4) is 0 Å². The van der Waals surface area contributed by atoms with E-state index in [4.69, 9.17) is 4.74 Å². The van der Waals surface area contributed by atoms with E-state index < -0.39 is 0 Å². The molecule has 2 heteroatoms. The zero-order valence-electron chi connectivity index (χ0n) is 24.2. The average molecular weight is 501 g/mol. The number of allylic oxidation sites excluding steroid dienone is 8. The molecule has 36 heavy (non-hydrogen) atoms. The molecule has 0 heterocycles. The predicted octanol–water partition coefficient (Wildman–Crippen LogP) is 11.4. The van der Waals surface area contributed by atoms with E-state index in [1.54, 1.807) is 0 Å². The zero-order chi connectivity index (χ0) is 26.2. The van der Waals surface area contributed by atoms with Gasteiger partial charge in [-0.15, -0.1) is 0 Å². The SMILES string of the molecule is CC/C=C\C/C=C\C/C=C\C/C=C\CCCCC(=O)OCCCCCCCCCCCCCCCC. The summed E-state index contributed by atoms with van der Waals surface area (Å²) in [6, 6.07) is 0. The third-order valence-corrected chi connectivity index (χ3v) is 6.48. The number of rotatable bonds is 27. The summed E-state index contributed by atoms with van der Waals surface area (Å²) in [4.78, 5) is 11.9.